The number of carbonyl (C=O) groups is 1. The second-order valence-corrected chi connectivity index (χ2v) is 4.79. The normalized spacial score (nSPS) is 11.7. The van der Waals surface area contributed by atoms with E-state index in [-0.39, 0.29) is 5.69 Å². The Labute approximate surface area is 90.7 Å². The summed E-state index contributed by atoms with van der Waals surface area (Å²) < 4.78 is 1.35. The fraction of sp³-hybridized carbons (Fsp3) is 0.625. The number of rotatable bonds is 4. The molecule has 84 valence electrons. The molecule has 0 spiro atoms. The lowest BCUT2D eigenvalue weighted by molar-refractivity contribution is -0.145. The van der Waals surface area contributed by atoms with Gasteiger partial charge in [-0.1, -0.05) is 11.8 Å². The molecule has 1 heterocycles. The van der Waals surface area contributed by atoms with Gasteiger partial charge in [0.05, 0.1) is 5.41 Å². The van der Waals surface area contributed by atoms with Crippen LogP contribution in [0.15, 0.2) is 9.95 Å². The summed E-state index contributed by atoms with van der Waals surface area (Å²) in [6.07, 6.45) is 0. The first-order valence-corrected chi connectivity index (χ1v) is 5.31. The zero-order valence-corrected chi connectivity index (χ0v) is 9.59. The summed E-state index contributed by atoms with van der Waals surface area (Å²) in [5.41, 5.74) is -1.13. The Morgan fingerprint density at radius 2 is 2.27 bits per heavy atom. The smallest absolute Gasteiger partial charge is 0.343 e. The molecule has 0 atom stereocenters. The molecule has 15 heavy (non-hydrogen) atoms. The van der Waals surface area contributed by atoms with Crippen LogP contribution in [0.2, 0.25) is 0 Å². The molecule has 0 saturated carbocycles. The zero-order valence-electron chi connectivity index (χ0n) is 8.77. The maximum atomic E-state index is 11.0. The third-order valence-corrected chi connectivity index (χ3v) is 3.47. The van der Waals surface area contributed by atoms with Crippen LogP contribution in [-0.4, -0.2) is 31.6 Å². The molecule has 0 amide bonds. The SMILES string of the molecule is Cn1c(SCC(C)(C)C(=O)O)n[nH]c1=O. The summed E-state index contributed by atoms with van der Waals surface area (Å²) >= 11 is 1.24. The van der Waals surface area contributed by atoms with Crippen molar-refractivity contribution < 1.29 is 9.90 Å². The molecule has 0 aliphatic rings. The van der Waals surface area contributed by atoms with Crippen molar-refractivity contribution in [1.29, 1.82) is 0 Å². The molecule has 0 fully saturated rings. The number of hydrogen-bond acceptors (Lipinski definition) is 4. The van der Waals surface area contributed by atoms with Gasteiger partial charge in [-0.25, -0.2) is 9.89 Å². The van der Waals surface area contributed by atoms with E-state index in [1.807, 2.05) is 0 Å². The first-order valence-electron chi connectivity index (χ1n) is 4.32. The molecule has 0 aliphatic carbocycles. The van der Waals surface area contributed by atoms with Crippen LogP contribution >= 0.6 is 11.8 Å². The lowest BCUT2D eigenvalue weighted by atomic mass is 9.97. The number of thioether (sulfide) groups is 1. The van der Waals surface area contributed by atoms with E-state index in [4.69, 9.17) is 5.11 Å². The number of aromatic amines is 1. The Bertz CT molecular complexity index is 421. The third-order valence-electron chi connectivity index (χ3n) is 1.98. The van der Waals surface area contributed by atoms with E-state index in [1.54, 1.807) is 20.9 Å². The Hall–Kier alpha value is -1.24. The van der Waals surface area contributed by atoms with Crippen molar-refractivity contribution in [3.63, 3.8) is 0 Å². The number of carboxylic acids is 1. The van der Waals surface area contributed by atoms with Crippen molar-refractivity contribution in [1.82, 2.24) is 14.8 Å². The molecule has 0 aliphatic heterocycles. The topological polar surface area (TPSA) is 88.0 Å². The van der Waals surface area contributed by atoms with E-state index in [0.29, 0.717) is 10.9 Å². The van der Waals surface area contributed by atoms with Gasteiger partial charge in [0.2, 0.25) is 0 Å². The van der Waals surface area contributed by atoms with Crippen LogP contribution < -0.4 is 5.69 Å². The van der Waals surface area contributed by atoms with Gasteiger partial charge in [-0.2, -0.15) is 0 Å². The van der Waals surface area contributed by atoms with Crippen molar-refractivity contribution in [2.24, 2.45) is 12.5 Å². The quantitative estimate of drug-likeness (QED) is 0.728. The van der Waals surface area contributed by atoms with Crippen molar-refractivity contribution >= 4 is 17.7 Å². The number of aliphatic carboxylic acids is 1. The van der Waals surface area contributed by atoms with Crippen LogP contribution in [0.3, 0.4) is 0 Å². The van der Waals surface area contributed by atoms with Gasteiger partial charge < -0.3 is 5.11 Å². The predicted octanol–water partition coefficient (Wildman–Crippen LogP) is 0.311. The van der Waals surface area contributed by atoms with E-state index < -0.39 is 11.4 Å². The van der Waals surface area contributed by atoms with E-state index in [9.17, 15) is 9.59 Å². The lowest BCUT2D eigenvalue weighted by Gasteiger charge is -2.17. The van der Waals surface area contributed by atoms with Crippen molar-refractivity contribution in [3.8, 4) is 0 Å². The molecule has 0 bridgehead atoms. The number of carboxylic acid groups (broad SMARTS) is 1. The third kappa shape index (κ3) is 2.62. The highest BCUT2D eigenvalue weighted by atomic mass is 32.2. The molecule has 7 heteroatoms. The summed E-state index contributed by atoms with van der Waals surface area (Å²) in [6.45, 7) is 3.26. The molecule has 0 aromatic carbocycles. The number of nitrogens with zero attached hydrogens (tertiary/aromatic N) is 2. The summed E-state index contributed by atoms with van der Waals surface area (Å²) in [7, 11) is 1.59. The fourth-order valence-corrected chi connectivity index (χ4v) is 1.77. The van der Waals surface area contributed by atoms with Gasteiger partial charge in [0.15, 0.2) is 5.16 Å². The number of hydrogen-bond donors (Lipinski definition) is 2. The standard InChI is InChI=1S/C8H13N3O3S/c1-8(2,5(12)13)4-15-7-10-9-6(14)11(7)3/h4H2,1-3H3,(H,9,14)(H,12,13). The van der Waals surface area contributed by atoms with Gasteiger partial charge in [0, 0.05) is 12.8 Å². The lowest BCUT2D eigenvalue weighted by Crippen LogP contribution is -2.26. The Balaban J connectivity index is 2.70. The minimum absolute atomic E-state index is 0.300. The maximum absolute atomic E-state index is 11.0. The molecule has 0 saturated heterocycles. The molecule has 6 nitrogen and oxygen atoms in total. The summed E-state index contributed by atoms with van der Waals surface area (Å²) in [4.78, 5) is 21.8. The number of nitrogens with one attached hydrogen (secondary N) is 1. The molecule has 1 aromatic rings. The zero-order chi connectivity index (χ0) is 11.6. The van der Waals surface area contributed by atoms with E-state index >= 15 is 0 Å². The van der Waals surface area contributed by atoms with E-state index in [2.05, 4.69) is 10.2 Å². The van der Waals surface area contributed by atoms with E-state index in [0.717, 1.165) is 0 Å². The van der Waals surface area contributed by atoms with Gasteiger partial charge >= 0.3 is 11.7 Å². The average Bonchev–Trinajstić information content (AvgIpc) is 2.45. The van der Waals surface area contributed by atoms with Gasteiger partial charge in [-0.15, -0.1) is 5.10 Å². The number of H-pyrrole nitrogens is 1. The maximum Gasteiger partial charge on any atom is 0.343 e. The average molecular weight is 231 g/mol. The second kappa shape index (κ2) is 4.09. The fourth-order valence-electron chi connectivity index (χ4n) is 0.768. The van der Waals surface area contributed by atoms with Gasteiger partial charge in [-0.3, -0.25) is 9.36 Å². The van der Waals surface area contributed by atoms with Crippen LogP contribution in [0, 0.1) is 5.41 Å². The highest BCUT2D eigenvalue weighted by Gasteiger charge is 2.27. The van der Waals surface area contributed by atoms with Crippen LogP contribution in [0.5, 0.6) is 0 Å². The molecule has 1 rings (SSSR count). The molecule has 2 N–H and O–H groups in total. The molecule has 0 unspecified atom stereocenters. The summed E-state index contributed by atoms with van der Waals surface area (Å²) in [5.74, 6) is -0.504. The van der Waals surface area contributed by atoms with Crippen molar-refractivity contribution in [2.75, 3.05) is 5.75 Å². The van der Waals surface area contributed by atoms with Crippen LogP contribution in [-0.2, 0) is 11.8 Å². The summed E-state index contributed by atoms with van der Waals surface area (Å²) in [6, 6.07) is 0. The monoisotopic (exact) mass is 231 g/mol. The van der Waals surface area contributed by atoms with Crippen LogP contribution in [0.4, 0.5) is 0 Å². The molecule has 0 radical (unpaired) electrons. The Morgan fingerprint density at radius 1 is 1.67 bits per heavy atom. The minimum Gasteiger partial charge on any atom is -0.481 e. The Morgan fingerprint density at radius 3 is 2.67 bits per heavy atom. The highest BCUT2D eigenvalue weighted by Crippen LogP contribution is 2.25. The second-order valence-electron chi connectivity index (χ2n) is 3.85. The Kier molecular flexibility index (Phi) is 3.23. The van der Waals surface area contributed by atoms with Gasteiger partial charge in [0.25, 0.3) is 0 Å². The van der Waals surface area contributed by atoms with Crippen LogP contribution in [0.25, 0.3) is 0 Å². The van der Waals surface area contributed by atoms with Gasteiger partial charge in [-0.05, 0) is 13.8 Å². The predicted molar refractivity (Wildman–Crippen MR) is 56.0 cm³/mol. The van der Waals surface area contributed by atoms with Crippen molar-refractivity contribution in [2.45, 2.75) is 19.0 Å². The molecular formula is C8H13N3O3S. The van der Waals surface area contributed by atoms with E-state index in [1.165, 1.54) is 16.3 Å². The van der Waals surface area contributed by atoms with Gasteiger partial charge in [0.1, 0.15) is 0 Å². The number of aromatic nitrogens is 3. The highest BCUT2D eigenvalue weighted by molar-refractivity contribution is 7.99. The molecule has 1 aromatic heterocycles. The molecular weight excluding hydrogens is 218 g/mol. The van der Waals surface area contributed by atoms with Crippen LogP contribution in [0.1, 0.15) is 13.8 Å². The largest absolute Gasteiger partial charge is 0.481 e. The van der Waals surface area contributed by atoms with Crippen molar-refractivity contribution in [3.05, 3.63) is 10.5 Å². The first-order chi connectivity index (χ1) is 6.84. The summed E-state index contributed by atoms with van der Waals surface area (Å²) in [5, 5.41) is 15.4. The minimum atomic E-state index is -0.865. The first kappa shape index (κ1) is 11.8.